The number of hydrogen-bond acceptors (Lipinski definition) is 3. The second kappa shape index (κ2) is 5.43. The van der Waals surface area contributed by atoms with Crippen molar-refractivity contribution in [1.82, 2.24) is 0 Å². The molecule has 1 aliphatic heterocycles. The molecule has 1 heterocycles. The van der Waals surface area contributed by atoms with Crippen LogP contribution in [-0.2, 0) is 9.53 Å². The van der Waals surface area contributed by atoms with Gasteiger partial charge in [0.05, 0.1) is 7.11 Å². The van der Waals surface area contributed by atoms with E-state index in [0.29, 0.717) is 0 Å². The molecule has 0 aliphatic carbocycles. The van der Waals surface area contributed by atoms with E-state index in [1.165, 1.54) is 0 Å². The number of carboxylic acids is 1. The van der Waals surface area contributed by atoms with E-state index in [-0.39, 0.29) is 58.9 Å². The number of ether oxygens (including phenoxy) is 2. The van der Waals surface area contributed by atoms with E-state index in [9.17, 15) is 4.79 Å². The van der Waals surface area contributed by atoms with E-state index in [1.807, 2.05) is 12.1 Å². The van der Waals surface area contributed by atoms with Gasteiger partial charge >= 0.3 is 57.4 Å². The second-order valence-corrected chi connectivity index (χ2v) is 3.09. The summed E-state index contributed by atoms with van der Waals surface area (Å²) in [4.78, 5) is 10.5. The molecule has 0 bridgehead atoms. The first-order valence-corrected chi connectivity index (χ1v) is 4.24. The van der Waals surface area contributed by atoms with Crippen LogP contribution in [-0.4, -0.2) is 24.3 Å². The monoisotopic (exact) mass is 234 g/mol. The van der Waals surface area contributed by atoms with Crippen molar-refractivity contribution in [2.75, 3.05) is 7.11 Å². The van der Waals surface area contributed by atoms with Gasteiger partial charge in [0.2, 0.25) is 0 Å². The number of carbonyl (C=O) groups is 1. The van der Waals surface area contributed by atoms with E-state index in [4.69, 9.17) is 14.6 Å². The molecule has 1 N–H and O–H groups in total. The Labute approximate surface area is 131 Å². The standard InChI is InChI=1S/C10H10O4.K.H/c1-13-7-4-2-6(3-5-7)8-9(14-8)10(11)12;;/h2-5,8-9H,1H3,(H,11,12);;/q;+1;-1. The maximum absolute atomic E-state index is 10.5. The molecule has 15 heavy (non-hydrogen) atoms. The zero-order valence-corrected chi connectivity index (χ0v) is 11.8. The Morgan fingerprint density at radius 2 is 2.07 bits per heavy atom. The minimum absolute atomic E-state index is 0. The van der Waals surface area contributed by atoms with Crippen molar-refractivity contribution in [3.63, 3.8) is 0 Å². The molecule has 1 saturated heterocycles. The first-order chi connectivity index (χ1) is 6.72. The van der Waals surface area contributed by atoms with E-state index in [2.05, 4.69) is 0 Å². The quantitative estimate of drug-likeness (QED) is 0.502. The van der Waals surface area contributed by atoms with Gasteiger partial charge in [-0.15, -0.1) is 0 Å². The molecular weight excluding hydrogens is 223 g/mol. The fraction of sp³-hybridized carbons (Fsp3) is 0.300. The molecule has 0 aromatic heterocycles. The zero-order chi connectivity index (χ0) is 10.1. The number of benzene rings is 1. The van der Waals surface area contributed by atoms with Crippen molar-refractivity contribution in [2.45, 2.75) is 12.2 Å². The molecule has 2 atom stereocenters. The predicted molar refractivity (Wildman–Crippen MR) is 49.4 cm³/mol. The fourth-order valence-electron chi connectivity index (χ4n) is 1.35. The molecule has 5 heteroatoms. The van der Waals surface area contributed by atoms with Crippen molar-refractivity contribution < 1.29 is 72.2 Å². The molecule has 0 radical (unpaired) electrons. The first kappa shape index (κ1) is 13.2. The van der Waals surface area contributed by atoms with Gasteiger partial charge in [-0.05, 0) is 17.7 Å². The zero-order valence-electron chi connectivity index (χ0n) is 9.64. The van der Waals surface area contributed by atoms with Gasteiger partial charge in [-0.25, -0.2) is 4.79 Å². The number of rotatable bonds is 3. The number of methoxy groups -OCH3 is 1. The Balaban J connectivity index is 0.00000112. The molecule has 2 unspecified atom stereocenters. The summed E-state index contributed by atoms with van der Waals surface area (Å²) in [6.45, 7) is 0. The van der Waals surface area contributed by atoms with Crippen molar-refractivity contribution in [3.8, 4) is 5.75 Å². The summed E-state index contributed by atoms with van der Waals surface area (Å²) in [7, 11) is 1.59. The molecule has 2 rings (SSSR count). The van der Waals surface area contributed by atoms with Gasteiger partial charge in [-0.1, -0.05) is 12.1 Å². The summed E-state index contributed by atoms with van der Waals surface area (Å²) in [6.07, 6.45) is -0.971. The Bertz CT molecular complexity index is 354. The van der Waals surface area contributed by atoms with Gasteiger partial charge in [0.25, 0.3) is 0 Å². The smallest absolute Gasteiger partial charge is 1.00 e. The Kier molecular flexibility index (Phi) is 4.76. The van der Waals surface area contributed by atoms with Gasteiger partial charge in [-0.2, -0.15) is 0 Å². The number of aliphatic carboxylic acids is 1. The number of carboxylic acid groups (broad SMARTS) is 1. The molecule has 1 fully saturated rings. The van der Waals surface area contributed by atoms with Gasteiger partial charge in [0.15, 0.2) is 6.10 Å². The van der Waals surface area contributed by atoms with Crippen LogP contribution < -0.4 is 56.1 Å². The molecule has 1 aromatic carbocycles. The van der Waals surface area contributed by atoms with E-state index >= 15 is 0 Å². The summed E-state index contributed by atoms with van der Waals surface area (Å²) < 4.78 is 9.98. The maximum atomic E-state index is 10.5. The first-order valence-electron chi connectivity index (χ1n) is 4.24. The van der Waals surface area contributed by atoms with E-state index in [1.54, 1.807) is 19.2 Å². The van der Waals surface area contributed by atoms with Gasteiger partial charge < -0.3 is 16.0 Å². The summed E-state index contributed by atoms with van der Waals surface area (Å²) in [5.74, 6) is -0.160. The SMILES string of the molecule is COc1ccc(C2OC2C(=O)O)cc1.[H-].[K+]. The number of epoxide rings is 1. The minimum Gasteiger partial charge on any atom is -1.00 e. The van der Waals surface area contributed by atoms with Gasteiger partial charge in [-0.3, -0.25) is 0 Å². The maximum Gasteiger partial charge on any atom is 1.00 e. The molecule has 1 aromatic rings. The van der Waals surface area contributed by atoms with Crippen LogP contribution in [0.2, 0.25) is 0 Å². The van der Waals surface area contributed by atoms with Crippen molar-refractivity contribution in [1.29, 1.82) is 0 Å². The van der Waals surface area contributed by atoms with Crippen LogP contribution >= 0.6 is 0 Å². The largest absolute Gasteiger partial charge is 1.00 e. The van der Waals surface area contributed by atoms with Crippen LogP contribution in [0.5, 0.6) is 5.75 Å². The molecule has 0 amide bonds. The minimum atomic E-state index is -0.911. The predicted octanol–water partition coefficient (Wildman–Crippen LogP) is -1.66. The number of hydrogen-bond donors (Lipinski definition) is 1. The van der Waals surface area contributed by atoms with Crippen LogP contribution in [0, 0.1) is 0 Å². The second-order valence-electron chi connectivity index (χ2n) is 3.09. The third-order valence-electron chi connectivity index (χ3n) is 2.18. The molecular formula is C10H11KO4. The summed E-state index contributed by atoms with van der Waals surface area (Å²) in [5, 5.41) is 8.64. The van der Waals surface area contributed by atoms with Crippen LogP contribution in [0.15, 0.2) is 24.3 Å². The molecule has 1 aliphatic rings. The Morgan fingerprint density at radius 1 is 1.47 bits per heavy atom. The molecule has 4 nitrogen and oxygen atoms in total. The third kappa shape index (κ3) is 3.02. The average molecular weight is 234 g/mol. The van der Waals surface area contributed by atoms with Crippen molar-refractivity contribution in [3.05, 3.63) is 29.8 Å². The van der Waals surface area contributed by atoms with E-state index < -0.39 is 12.1 Å². The molecule has 0 spiro atoms. The van der Waals surface area contributed by atoms with Crippen molar-refractivity contribution >= 4 is 5.97 Å². The van der Waals surface area contributed by atoms with Crippen LogP contribution in [0.4, 0.5) is 0 Å². The third-order valence-corrected chi connectivity index (χ3v) is 2.18. The molecule has 0 saturated carbocycles. The van der Waals surface area contributed by atoms with E-state index in [0.717, 1.165) is 11.3 Å². The van der Waals surface area contributed by atoms with Crippen molar-refractivity contribution in [2.24, 2.45) is 0 Å². The van der Waals surface area contributed by atoms with Crippen LogP contribution in [0.1, 0.15) is 13.1 Å². The van der Waals surface area contributed by atoms with Gasteiger partial charge in [0, 0.05) is 0 Å². The average Bonchev–Trinajstić information content (AvgIpc) is 2.97. The summed E-state index contributed by atoms with van der Waals surface area (Å²) in [5.41, 5.74) is 0.873. The van der Waals surface area contributed by atoms with Crippen LogP contribution in [0.3, 0.4) is 0 Å². The Morgan fingerprint density at radius 3 is 2.47 bits per heavy atom. The fourth-order valence-corrected chi connectivity index (χ4v) is 1.35. The summed E-state index contributed by atoms with van der Waals surface area (Å²) >= 11 is 0. The topological polar surface area (TPSA) is 59.1 Å². The van der Waals surface area contributed by atoms with Crippen LogP contribution in [0.25, 0.3) is 0 Å². The Hall–Kier alpha value is 0.0864. The van der Waals surface area contributed by atoms with Gasteiger partial charge in [0.1, 0.15) is 11.9 Å². The normalized spacial score (nSPS) is 22.7. The summed E-state index contributed by atoms with van der Waals surface area (Å²) in [6, 6.07) is 7.20. The molecule has 76 valence electrons.